The third-order valence-electron chi connectivity index (χ3n) is 3.77. The molecule has 17 heavy (non-hydrogen) atoms. The third kappa shape index (κ3) is 4.92. The number of aliphatic hydroxyl groups is 2. The standard InChI is InChI=1S/C13H26O4/c1-2-13(8-14,9-15)10-16-11-17-12-6-4-3-5-7-12/h12,14-15H,2-11H2,1H3. The van der Waals surface area contributed by atoms with Gasteiger partial charge in [-0.15, -0.1) is 0 Å². The fraction of sp³-hybridized carbons (Fsp3) is 1.00. The van der Waals surface area contributed by atoms with Gasteiger partial charge in [0.1, 0.15) is 6.79 Å². The van der Waals surface area contributed by atoms with Gasteiger partial charge in [-0.1, -0.05) is 26.2 Å². The lowest BCUT2D eigenvalue weighted by atomic mass is 9.88. The lowest BCUT2D eigenvalue weighted by Crippen LogP contribution is -2.35. The summed E-state index contributed by atoms with van der Waals surface area (Å²) in [4.78, 5) is 0. The Balaban J connectivity index is 2.13. The van der Waals surface area contributed by atoms with Crippen molar-refractivity contribution in [3.8, 4) is 0 Å². The van der Waals surface area contributed by atoms with Crippen molar-refractivity contribution in [2.24, 2.45) is 5.41 Å². The zero-order valence-corrected chi connectivity index (χ0v) is 10.9. The van der Waals surface area contributed by atoms with Crippen molar-refractivity contribution in [3.63, 3.8) is 0 Å². The summed E-state index contributed by atoms with van der Waals surface area (Å²) in [5, 5.41) is 18.5. The summed E-state index contributed by atoms with van der Waals surface area (Å²) in [6.07, 6.45) is 7.10. The van der Waals surface area contributed by atoms with Crippen LogP contribution in [-0.4, -0.2) is 42.9 Å². The third-order valence-corrected chi connectivity index (χ3v) is 3.77. The van der Waals surface area contributed by atoms with Gasteiger partial charge in [0.2, 0.25) is 0 Å². The SMILES string of the molecule is CCC(CO)(CO)COCOC1CCCCC1. The predicted molar refractivity (Wildman–Crippen MR) is 65.7 cm³/mol. The predicted octanol–water partition coefficient (Wildman–Crippen LogP) is 1.69. The van der Waals surface area contributed by atoms with Crippen molar-refractivity contribution >= 4 is 0 Å². The first-order valence-electron chi connectivity index (χ1n) is 6.67. The Morgan fingerprint density at radius 3 is 2.29 bits per heavy atom. The van der Waals surface area contributed by atoms with Crippen molar-refractivity contribution < 1.29 is 19.7 Å². The molecule has 4 nitrogen and oxygen atoms in total. The molecule has 2 N–H and O–H groups in total. The smallest absolute Gasteiger partial charge is 0.147 e. The van der Waals surface area contributed by atoms with Gasteiger partial charge < -0.3 is 19.7 Å². The zero-order valence-electron chi connectivity index (χ0n) is 10.9. The van der Waals surface area contributed by atoms with E-state index >= 15 is 0 Å². The summed E-state index contributed by atoms with van der Waals surface area (Å²) in [6, 6.07) is 0. The number of aliphatic hydroxyl groups excluding tert-OH is 2. The second kappa shape index (κ2) is 8.03. The number of rotatable bonds is 8. The molecular weight excluding hydrogens is 220 g/mol. The molecule has 0 aromatic rings. The van der Waals surface area contributed by atoms with E-state index in [0.717, 1.165) is 12.8 Å². The molecule has 0 atom stereocenters. The molecule has 0 heterocycles. The Labute approximate surface area is 104 Å². The van der Waals surface area contributed by atoms with Crippen LogP contribution in [0.2, 0.25) is 0 Å². The molecule has 1 fully saturated rings. The summed E-state index contributed by atoms with van der Waals surface area (Å²) < 4.78 is 11.1. The number of ether oxygens (including phenoxy) is 2. The second-order valence-corrected chi connectivity index (χ2v) is 5.06. The highest BCUT2D eigenvalue weighted by Gasteiger charge is 2.27. The summed E-state index contributed by atoms with van der Waals surface area (Å²) in [5.41, 5.74) is -0.518. The van der Waals surface area contributed by atoms with E-state index in [1.165, 1.54) is 19.3 Å². The molecule has 1 aliphatic rings. The lowest BCUT2D eigenvalue weighted by molar-refractivity contribution is -0.130. The molecule has 0 saturated heterocycles. The Hall–Kier alpha value is -0.160. The summed E-state index contributed by atoms with van der Waals surface area (Å²) in [6.45, 7) is 2.46. The van der Waals surface area contributed by atoms with Crippen molar-refractivity contribution in [3.05, 3.63) is 0 Å². The molecule has 0 unspecified atom stereocenters. The average molecular weight is 246 g/mol. The molecule has 1 saturated carbocycles. The molecule has 0 bridgehead atoms. The van der Waals surface area contributed by atoms with Crippen LogP contribution in [0.5, 0.6) is 0 Å². The summed E-state index contributed by atoms with van der Waals surface area (Å²) >= 11 is 0. The van der Waals surface area contributed by atoms with Crippen LogP contribution in [0.25, 0.3) is 0 Å². The largest absolute Gasteiger partial charge is 0.396 e. The molecule has 0 amide bonds. The monoisotopic (exact) mass is 246 g/mol. The summed E-state index contributed by atoms with van der Waals surface area (Å²) in [7, 11) is 0. The van der Waals surface area contributed by atoms with E-state index in [-0.39, 0.29) is 20.0 Å². The molecule has 1 aliphatic carbocycles. The first-order chi connectivity index (χ1) is 8.26. The van der Waals surface area contributed by atoms with Crippen LogP contribution in [0, 0.1) is 5.41 Å². The Bertz CT molecular complexity index is 178. The van der Waals surface area contributed by atoms with Gasteiger partial charge in [0.05, 0.1) is 25.9 Å². The van der Waals surface area contributed by atoms with Crippen LogP contribution in [0.3, 0.4) is 0 Å². The van der Waals surface area contributed by atoms with Crippen molar-refractivity contribution in [2.75, 3.05) is 26.6 Å². The lowest BCUT2D eigenvalue weighted by Gasteiger charge is -2.28. The van der Waals surface area contributed by atoms with Gasteiger partial charge in [-0.25, -0.2) is 0 Å². The summed E-state index contributed by atoms with van der Waals surface area (Å²) in [5.74, 6) is 0. The van der Waals surface area contributed by atoms with E-state index in [4.69, 9.17) is 9.47 Å². The number of hydrogen-bond donors (Lipinski definition) is 2. The van der Waals surface area contributed by atoms with E-state index in [1.54, 1.807) is 0 Å². The van der Waals surface area contributed by atoms with Crippen LogP contribution < -0.4 is 0 Å². The quantitative estimate of drug-likeness (QED) is 0.505. The molecule has 102 valence electrons. The van der Waals surface area contributed by atoms with Crippen molar-refractivity contribution in [2.45, 2.75) is 51.6 Å². The normalized spacial score (nSPS) is 18.5. The van der Waals surface area contributed by atoms with Gasteiger partial charge in [-0.3, -0.25) is 0 Å². The fourth-order valence-corrected chi connectivity index (χ4v) is 2.10. The molecule has 4 heteroatoms. The molecule has 1 rings (SSSR count). The van der Waals surface area contributed by atoms with E-state index < -0.39 is 5.41 Å². The minimum absolute atomic E-state index is 0.0522. The molecule has 0 aliphatic heterocycles. The highest BCUT2D eigenvalue weighted by molar-refractivity contribution is 4.75. The minimum Gasteiger partial charge on any atom is -0.396 e. The van der Waals surface area contributed by atoms with Gasteiger partial charge in [0, 0.05) is 5.41 Å². The van der Waals surface area contributed by atoms with Crippen molar-refractivity contribution in [1.82, 2.24) is 0 Å². The first-order valence-corrected chi connectivity index (χ1v) is 6.67. The molecule has 0 radical (unpaired) electrons. The van der Waals surface area contributed by atoms with Crippen LogP contribution in [0.1, 0.15) is 45.4 Å². The first kappa shape index (κ1) is 14.9. The second-order valence-electron chi connectivity index (χ2n) is 5.06. The van der Waals surface area contributed by atoms with Crippen LogP contribution in [0.15, 0.2) is 0 Å². The topological polar surface area (TPSA) is 58.9 Å². The van der Waals surface area contributed by atoms with E-state index in [9.17, 15) is 10.2 Å². The molecular formula is C13H26O4. The highest BCUT2D eigenvalue weighted by Crippen LogP contribution is 2.22. The maximum atomic E-state index is 9.24. The molecule has 0 spiro atoms. The fourth-order valence-electron chi connectivity index (χ4n) is 2.10. The Morgan fingerprint density at radius 1 is 1.12 bits per heavy atom. The van der Waals surface area contributed by atoms with Crippen molar-refractivity contribution in [1.29, 1.82) is 0 Å². The van der Waals surface area contributed by atoms with Crippen LogP contribution in [0.4, 0.5) is 0 Å². The van der Waals surface area contributed by atoms with E-state index in [1.807, 2.05) is 6.92 Å². The van der Waals surface area contributed by atoms with Gasteiger partial charge in [0.25, 0.3) is 0 Å². The Kier molecular flexibility index (Phi) is 7.04. The molecule has 0 aromatic carbocycles. The Morgan fingerprint density at radius 2 is 1.76 bits per heavy atom. The zero-order chi connectivity index (χ0) is 12.6. The van der Waals surface area contributed by atoms with Crippen LogP contribution >= 0.6 is 0 Å². The number of hydrogen-bond acceptors (Lipinski definition) is 4. The van der Waals surface area contributed by atoms with E-state index in [0.29, 0.717) is 19.1 Å². The maximum Gasteiger partial charge on any atom is 0.147 e. The van der Waals surface area contributed by atoms with Crippen LogP contribution in [-0.2, 0) is 9.47 Å². The minimum atomic E-state index is -0.518. The van der Waals surface area contributed by atoms with E-state index in [2.05, 4.69) is 0 Å². The highest BCUT2D eigenvalue weighted by atomic mass is 16.7. The van der Waals surface area contributed by atoms with Gasteiger partial charge in [0.15, 0.2) is 0 Å². The maximum absolute atomic E-state index is 9.24. The van der Waals surface area contributed by atoms with Gasteiger partial charge in [-0.05, 0) is 19.3 Å². The molecule has 0 aromatic heterocycles. The average Bonchev–Trinajstić information content (AvgIpc) is 2.41. The van der Waals surface area contributed by atoms with Gasteiger partial charge in [-0.2, -0.15) is 0 Å². The van der Waals surface area contributed by atoms with Gasteiger partial charge >= 0.3 is 0 Å².